The van der Waals surface area contributed by atoms with Gasteiger partial charge in [-0.2, -0.15) is 0 Å². The number of hydrogen-bond donors (Lipinski definition) is 0. The molecule has 0 amide bonds. The molecule has 0 saturated carbocycles. The lowest BCUT2D eigenvalue weighted by atomic mass is 10.3. The molecule has 6 aliphatic heterocycles. The predicted molar refractivity (Wildman–Crippen MR) is 159 cm³/mol. The van der Waals surface area contributed by atoms with Gasteiger partial charge in [0.2, 0.25) is 0 Å². The topological polar surface area (TPSA) is 197 Å². The number of epoxide rings is 6. The quantitative estimate of drug-likeness (QED) is 0.0837. The summed E-state index contributed by atoms with van der Waals surface area (Å²) in [6, 6.07) is 0. The molecule has 1 aromatic heterocycles. The summed E-state index contributed by atoms with van der Waals surface area (Å²) < 4.78 is 70.1. The second-order valence-electron chi connectivity index (χ2n) is 12.9. The Balaban J connectivity index is 1.14. The molecule has 270 valence electrons. The van der Waals surface area contributed by atoms with Crippen molar-refractivity contribution in [1.29, 1.82) is 0 Å². The van der Waals surface area contributed by atoms with E-state index in [-0.39, 0.29) is 95.9 Å². The van der Waals surface area contributed by atoms with E-state index in [0.717, 1.165) is 13.7 Å². The molecule has 9 atom stereocenters. The maximum atomic E-state index is 14.0. The highest BCUT2D eigenvalue weighted by Gasteiger charge is 2.31. The molecule has 7 heterocycles. The Labute approximate surface area is 275 Å². The van der Waals surface area contributed by atoms with Crippen LogP contribution in [-0.2, 0) is 76.5 Å². The second kappa shape index (κ2) is 16.3. The van der Waals surface area contributed by atoms with Gasteiger partial charge in [-0.1, -0.05) is 0 Å². The SMILES string of the molecule is O=c1n(CC(COCC2CO2)OCC2CO2)c(=O)n(CC(COCC2CO2)OCC2CO2)c(=O)n1CC(COCC1CO1)OCC1CO1. The average Bonchev–Trinajstić information content (AvgIpc) is 3.86. The van der Waals surface area contributed by atoms with E-state index in [4.69, 9.17) is 56.8 Å². The van der Waals surface area contributed by atoms with Crippen molar-refractivity contribution in [1.82, 2.24) is 13.7 Å². The van der Waals surface area contributed by atoms with Crippen molar-refractivity contribution in [2.75, 3.05) is 99.1 Å². The van der Waals surface area contributed by atoms with E-state index in [9.17, 15) is 14.4 Å². The van der Waals surface area contributed by atoms with Gasteiger partial charge >= 0.3 is 17.1 Å². The molecule has 48 heavy (non-hydrogen) atoms. The molecule has 9 unspecified atom stereocenters. The van der Waals surface area contributed by atoms with Crippen molar-refractivity contribution >= 4 is 0 Å². The first-order valence-corrected chi connectivity index (χ1v) is 16.7. The zero-order chi connectivity index (χ0) is 32.9. The van der Waals surface area contributed by atoms with E-state index < -0.39 is 35.4 Å². The fourth-order valence-electron chi connectivity index (χ4n) is 4.93. The van der Waals surface area contributed by atoms with Gasteiger partial charge in [0.1, 0.15) is 36.6 Å². The van der Waals surface area contributed by atoms with Gasteiger partial charge < -0.3 is 56.8 Å². The van der Waals surface area contributed by atoms with Crippen LogP contribution in [0.25, 0.3) is 0 Å². The lowest BCUT2D eigenvalue weighted by Crippen LogP contribution is -2.58. The van der Waals surface area contributed by atoms with Crippen molar-refractivity contribution in [2.24, 2.45) is 0 Å². The van der Waals surface area contributed by atoms with Gasteiger partial charge in [0.25, 0.3) is 0 Å². The first-order chi connectivity index (χ1) is 23.5. The average molecular weight is 688 g/mol. The van der Waals surface area contributed by atoms with Crippen molar-refractivity contribution in [3.63, 3.8) is 0 Å². The summed E-state index contributed by atoms with van der Waals surface area (Å²) in [5, 5.41) is 0. The largest absolute Gasteiger partial charge is 0.376 e. The molecule has 0 bridgehead atoms. The maximum Gasteiger partial charge on any atom is 0.336 e. The molecule has 0 aliphatic carbocycles. The van der Waals surface area contributed by atoms with E-state index in [1.165, 1.54) is 0 Å². The molecule has 18 nitrogen and oxygen atoms in total. The minimum atomic E-state index is -0.796. The highest BCUT2D eigenvalue weighted by molar-refractivity contribution is 4.84. The summed E-state index contributed by atoms with van der Waals surface area (Å²) in [5.74, 6) is 0. The van der Waals surface area contributed by atoms with E-state index in [1.807, 2.05) is 0 Å². The molecular formula is C30H45N3O15. The van der Waals surface area contributed by atoms with Crippen LogP contribution in [0.4, 0.5) is 0 Å². The molecule has 6 saturated heterocycles. The number of rotatable bonds is 27. The van der Waals surface area contributed by atoms with Crippen LogP contribution in [0.3, 0.4) is 0 Å². The van der Waals surface area contributed by atoms with Gasteiger partial charge in [-0.05, 0) is 0 Å². The smallest absolute Gasteiger partial charge is 0.336 e. The fraction of sp³-hybridized carbons (Fsp3) is 0.900. The number of nitrogens with zero attached hydrogens (tertiary/aromatic N) is 3. The van der Waals surface area contributed by atoms with Crippen LogP contribution < -0.4 is 17.1 Å². The second-order valence-corrected chi connectivity index (χ2v) is 12.9. The Bertz CT molecular complexity index is 1170. The standard InChI is InChI=1S/C30H45N3O15/c34-28-31(1-19(40-13-25-16-46-25)4-37-7-22-10-43-22)29(35)33(3-21(42-15-27-18-48-27)6-39-9-24-12-45-24)30(36)32(28)2-20(41-14-26-17-47-26)5-38-8-23-11-44-23/h19-27H,1-18H2. The zero-order valence-corrected chi connectivity index (χ0v) is 26.9. The van der Waals surface area contributed by atoms with Gasteiger partial charge in [-0.3, -0.25) is 0 Å². The van der Waals surface area contributed by atoms with Crippen molar-refractivity contribution in [2.45, 2.75) is 74.6 Å². The molecule has 18 heteroatoms. The number of ether oxygens (including phenoxy) is 12. The van der Waals surface area contributed by atoms with Gasteiger partial charge in [0.05, 0.1) is 137 Å². The van der Waals surface area contributed by atoms with Crippen LogP contribution in [0.2, 0.25) is 0 Å². The molecular weight excluding hydrogens is 642 g/mol. The third-order valence-corrected chi connectivity index (χ3v) is 8.33. The van der Waals surface area contributed by atoms with Crippen molar-refractivity contribution in [3.05, 3.63) is 31.5 Å². The first kappa shape index (κ1) is 34.4. The Morgan fingerprint density at radius 2 is 0.667 bits per heavy atom. The third-order valence-electron chi connectivity index (χ3n) is 8.33. The molecule has 0 N–H and O–H groups in total. The van der Waals surface area contributed by atoms with Gasteiger partial charge in [-0.15, -0.1) is 0 Å². The summed E-state index contributed by atoms with van der Waals surface area (Å²) in [4.78, 5) is 42.1. The Morgan fingerprint density at radius 1 is 0.438 bits per heavy atom. The first-order valence-electron chi connectivity index (χ1n) is 16.7. The van der Waals surface area contributed by atoms with Crippen LogP contribution in [0.1, 0.15) is 0 Å². The van der Waals surface area contributed by atoms with Gasteiger partial charge in [-0.25, -0.2) is 28.1 Å². The minimum Gasteiger partial charge on any atom is -0.376 e. The molecule has 0 aromatic carbocycles. The van der Waals surface area contributed by atoms with Crippen LogP contribution in [0.5, 0.6) is 0 Å². The molecule has 1 aromatic rings. The molecule has 7 rings (SSSR count). The zero-order valence-electron chi connectivity index (χ0n) is 26.9. The summed E-state index contributed by atoms with van der Waals surface area (Å²) in [5.41, 5.74) is -2.39. The lowest BCUT2D eigenvalue weighted by molar-refractivity contribution is -0.0399. The molecule has 6 aliphatic rings. The van der Waals surface area contributed by atoms with E-state index in [2.05, 4.69) is 0 Å². The van der Waals surface area contributed by atoms with E-state index >= 15 is 0 Å². The predicted octanol–water partition coefficient (Wildman–Crippen LogP) is -3.23. The summed E-state index contributed by atoms with van der Waals surface area (Å²) in [6.45, 7) is 5.34. The van der Waals surface area contributed by atoms with Crippen molar-refractivity contribution in [3.8, 4) is 0 Å². The number of hydrogen-bond acceptors (Lipinski definition) is 15. The Morgan fingerprint density at radius 3 is 0.896 bits per heavy atom. The fourth-order valence-corrected chi connectivity index (χ4v) is 4.93. The third kappa shape index (κ3) is 11.2. The summed E-state index contributed by atoms with van der Waals surface area (Å²) >= 11 is 0. The van der Waals surface area contributed by atoms with Gasteiger partial charge in [0.15, 0.2) is 0 Å². The monoisotopic (exact) mass is 687 g/mol. The van der Waals surface area contributed by atoms with Crippen molar-refractivity contribution < 1.29 is 56.8 Å². The Kier molecular flexibility index (Phi) is 11.7. The normalized spacial score (nSPS) is 29.8. The van der Waals surface area contributed by atoms with Gasteiger partial charge in [0, 0.05) is 0 Å². The highest BCUT2D eigenvalue weighted by atomic mass is 16.6. The number of aromatic nitrogens is 3. The van der Waals surface area contributed by atoms with E-state index in [0.29, 0.717) is 59.5 Å². The molecule has 0 spiro atoms. The van der Waals surface area contributed by atoms with Crippen LogP contribution in [-0.4, -0.2) is 168 Å². The summed E-state index contributed by atoms with van der Waals surface area (Å²) in [6.07, 6.45) is -2.12. The highest BCUT2D eigenvalue weighted by Crippen LogP contribution is 2.15. The molecule has 0 radical (unpaired) electrons. The molecule has 6 fully saturated rings. The lowest BCUT2D eigenvalue weighted by Gasteiger charge is -2.23. The summed E-state index contributed by atoms with van der Waals surface area (Å²) in [7, 11) is 0. The van der Waals surface area contributed by atoms with Crippen LogP contribution >= 0.6 is 0 Å². The Hall–Kier alpha value is -2.07. The minimum absolute atomic E-state index is 0.0256. The van der Waals surface area contributed by atoms with E-state index in [1.54, 1.807) is 0 Å². The maximum absolute atomic E-state index is 14.0. The van der Waals surface area contributed by atoms with Crippen LogP contribution in [0.15, 0.2) is 14.4 Å². The van der Waals surface area contributed by atoms with Crippen LogP contribution in [0, 0.1) is 0 Å².